The number of sulfonamides is 1. The van der Waals surface area contributed by atoms with E-state index < -0.39 is 10.0 Å². The van der Waals surface area contributed by atoms with E-state index in [1.165, 1.54) is 6.21 Å². The molecule has 0 aliphatic heterocycles. The monoisotopic (exact) mass is 366 g/mol. The second-order valence-electron chi connectivity index (χ2n) is 5.71. The number of methoxy groups -OCH3 is 1. The largest absolute Gasteiger partial charge is 0.481 e. The molecular formula is C20H18N2O3S. The van der Waals surface area contributed by atoms with E-state index in [0.29, 0.717) is 11.4 Å². The smallest absolute Gasteiger partial charge is 0.282 e. The van der Waals surface area contributed by atoms with Crippen LogP contribution in [0, 0.1) is 6.92 Å². The van der Waals surface area contributed by atoms with Crippen molar-refractivity contribution in [2.24, 2.45) is 4.40 Å². The highest BCUT2D eigenvalue weighted by atomic mass is 32.2. The normalized spacial score (nSPS) is 11.6. The molecule has 1 heterocycles. The van der Waals surface area contributed by atoms with Crippen molar-refractivity contribution in [1.29, 1.82) is 0 Å². The molecule has 0 aliphatic carbocycles. The van der Waals surface area contributed by atoms with Crippen molar-refractivity contribution in [3.05, 3.63) is 77.9 Å². The van der Waals surface area contributed by atoms with Gasteiger partial charge in [-0.2, -0.15) is 12.8 Å². The zero-order chi connectivity index (χ0) is 18.6. The molecule has 132 valence electrons. The van der Waals surface area contributed by atoms with Crippen LogP contribution in [0.25, 0.3) is 11.3 Å². The Kier molecular flexibility index (Phi) is 5.14. The Balaban J connectivity index is 1.88. The predicted molar refractivity (Wildman–Crippen MR) is 102 cm³/mol. The van der Waals surface area contributed by atoms with Crippen molar-refractivity contribution in [1.82, 2.24) is 4.98 Å². The lowest BCUT2D eigenvalue weighted by Gasteiger charge is -2.04. The van der Waals surface area contributed by atoms with Gasteiger partial charge in [0.1, 0.15) is 0 Å². The minimum Gasteiger partial charge on any atom is -0.481 e. The van der Waals surface area contributed by atoms with Crippen LogP contribution >= 0.6 is 0 Å². The number of hydrogen-bond acceptors (Lipinski definition) is 4. The summed E-state index contributed by atoms with van der Waals surface area (Å²) >= 11 is 0. The Morgan fingerprint density at radius 1 is 1.00 bits per heavy atom. The highest BCUT2D eigenvalue weighted by Crippen LogP contribution is 2.21. The fraction of sp³-hybridized carbons (Fsp3) is 0.100. The zero-order valence-electron chi connectivity index (χ0n) is 14.5. The molecule has 0 amide bonds. The van der Waals surface area contributed by atoms with Crippen molar-refractivity contribution in [3.63, 3.8) is 0 Å². The second kappa shape index (κ2) is 7.49. The summed E-state index contributed by atoms with van der Waals surface area (Å²) in [6.07, 6.45) is 1.35. The molecule has 0 unspecified atom stereocenters. The fourth-order valence-electron chi connectivity index (χ4n) is 2.37. The Hall–Kier alpha value is -2.99. The highest BCUT2D eigenvalue weighted by Gasteiger charge is 2.11. The molecule has 0 N–H and O–H groups in total. The molecule has 0 saturated carbocycles. The average molecular weight is 366 g/mol. The molecule has 3 rings (SSSR count). The van der Waals surface area contributed by atoms with E-state index in [9.17, 15) is 8.42 Å². The number of pyridine rings is 1. The van der Waals surface area contributed by atoms with E-state index in [1.807, 2.05) is 37.3 Å². The van der Waals surface area contributed by atoms with Crippen LogP contribution < -0.4 is 4.74 Å². The third-order valence-electron chi connectivity index (χ3n) is 3.77. The molecule has 0 atom stereocenters. The second-order valence-corrected chi connectivity index (χ2v) is 7.35. The molecule has 26 heavy (non-hydrogen) atoms. The van der Waals surface area contributed by atoms with Gasteiger partial charge in [0.05, 0.1) is 17.7 Å². The maximum atomic E-state index is 12.3. The molecule has 0 spiro atoms. The summed E-state index contributed by atoms with van der Waals surface area (Å²) in [6, 6.07) is 19.4. The van der Waals surface area contributed by atoms with Crippen LogP contribution in [0.1, 0.15) is 11.1 Å². The quantitative estimate of drug-likeness (QED) is 0.643. The minimum atomic E-state index is -3.73. The van der Waals surface area contributed by atoms with Gasteiger partial charge < -0.3 is 4.74 Å². The third-order valence-corrected chi connectivity index (χ3v) is 5.03. The van der Waals surface area contributed by atoms with E-state index in [4.69, 9.17) is 4.74 Å². The first-order valence-electron chi connectivity index (χ1n) is 7.96. The van der Waals surface area contributed by atoms with Crippen molar-refractivity contribution in [2.45, 2.75) is 11.8 Å². The molecule has 0 saturated heterocycles. The Morgan fingerprint density at radius 3 is 2.46 bits per heavy atom. The van der Waals surface area contributed by atoms with Gasteiger partial charge in [-0.05, 0) is 36.8 Å². The molecular weight excluding hydrogens is 348 g/mol. The number of aryl methyl sites for hydroxylation is 1. The lowest BCUT2D eigenvalue weighted by atomic mass is 10.1. The zero-order valence-corrected chi connectivity index (χ0v) is 15.3. The predicted octanol–water partition coefficient (Wildman–Crippen LogP) is 3.87. The molecule has 0 aliphatic rings. The topological polar surface area (TPSA) is 68.6 Å². The summed E-state index contributed by atoms with van der Waals surface area (Å²) in [5.41, 5.74) is 3.25. The lowest BCUT2D eigenvalue weighted by molar-refractivity contribution is 0.398. The van der Waals surface area contributed by atoms with E-state index >= 15 is 0 Å². The molecule has 0 bridgehead atoms. The summed E-state index contributed by atoms with van der Waals surface area (Å²) in [7, 11) is -2.17. The van der Waals surface area contributed by atoms with Gasteiger partial charge in [0, 0.05) is 17.8 Å². The number of hydrogen-bond donors (Lipinski definition) is 0. The van der Waals surface area contributed by atoms with Gasteiger partial charge in [-0.25, -0.2) is 4.98 Å². The first-order chi connectivity index (χ1) is 12.5. The maximum Gasteiger partial charge on any atom is 0.282 e. The van der Waals surface area contributed by atoms with Crippen LogP contribution in [0.3, 0.4) is 0 Å². The standard InChI is InChI=1S/C20H18N2O3S/c1-15-9-11-18(12-10-15)26(23,24)21-14-16-5-3-6-17(13-16)19-7-4-8-20(22-19)25-2/h3-14H,1-2H3. The molecule has 1 aromatic heterocycles. The number of rotatable bonds is 5. The van der Waals surface area contributed by atoms with Crippen molar-refractivity contribution < 1.29 is 13.2 Å². The van der Waals surface area contributed by atoms with E-state index in [0.717, 1.165) is 16.8 Å². The van der Waals surface area contributed by atoms with Gasteiger partial charge >= 0.3 is 0 Å². The van der Waals surface area contributed by atoms with Crippen LogP contribution in [0.15, 0.2) is 76.0 Å². The van der Waals surface area contributed by atoms with Gasteiger partial charge in [-0.15, -0.1) is 0 Å². The third kappa shape index (κ3) is 4.15. The van der Waals surface area contributed by atoms with E-state index in [2.05, 4.69) is 9.38 Å². The van der Waals surface area contributed by atoms with Crippen LogP contribution in [0.2, 0.25) is 0 Å². The highest BCUT2D eigenvalue weighted by molar-refractivity contribution is 7.90. The molecule has 3 aromatic rings. The molecule has 5 nitrogen and oxygen atoms in total. The van der Waals surface area contributed by atoms with Gasteiger partial charge in [-0.3, -0.25) is 0 Å². The van der Waals surface area contributed by atoms with Crippen molar-refractivity contribution >= 4 is 16.2 Å². The minimum absolute atomic E-state index is 0.171. The van der Waals surface area contributed by atoms with Crippen molar-refractivity contribution in [3.8, 4) is 17.1 Å². The number of nitrogens with zero attached hydrogens (tertiary/aromatic N) is 2. The van der Waals surface area contributed by atoms with E-state index in [1.54, 1.807) is 43.5 Å². The summed E-state index contributed by atoms with van der Waals surface area (Å²) in [6.45, 7) is 1.90. The Morgan fingerprint density at radius 2 is 1.73 bits per heavy atom. The van der Waals surface area contributed by atoms with Gasteiger partial charge in [0.15, 0.2) is 0 Å². The van der Waals surface area contributed by atoms with Crippen molar-refractivity contribution in [2.75, 3.05) is 7.11 Å². The van der Waals surface area contributed by atoms with Crippen LogP contribution in [0.4, 0.5) is 0 Å². The molecule has 0 radical (unpaired) electrons. The Bertz CT molecular complexity index is 1040. The number of aromatic nitrogens is 1. The molecule has 2 aromatic carbocycles. The van der Waals surface area contributed by atoms with Gasteiger partial charge in [-0.1, -0.05) is 42.0 Å². The first kappa shape index (κ1) is 17.8. The SMILES string of the molecule is COc1cccc(-c2cccc(C=NS(=O)(=O)c3ccc(C)cc3)c2)n1. The number of ether oxygens (including phenoxy) is 1. The van der Waals surface area contributed by atoms with Crippen LogP contribution in [-0.2, 0) is 10.0 Å². The first-order valence-corrected chi connectivity index (χ1v) is 9.40. The lowest BCUT2D eigenvalue weighted by Crippen LogP contribution is -1.98. The average Bonchev–Trinajstić information content (AvgIpc) is 2.67. The van der Waals surface area contributed by atoms with Gasteiger partial charge in [0.2, 0.25) is 5.88 Å². The summed E-state index contributed by atoms with van der Waals surface area (Å²) in [5, 5.41) is 0. The van der Waals surface area contributed by atoms with Crippen LogP contribution in [-0.4, -0.2) is 26.7 Å². The number of benzene rings is 2. The van der Waals surface area contributed by atoms with E-state index in [-0.39, 0.29) is 4.90 Å². The molecule has 6 heteroatoms. The molecule has 0 fully saturated rings. The Labute approximate surface area is 153 Å². The maximum absolute atomic E-state index is 12.3. The van der Waals surface area contributed by atoms with Crippen LogP contribution in [0.5, 0.6) is 5.88 Å². The fourth-order valence-corrected chi connectivity index (χ4v) is 3.23. The summed E-state index contributed by atoms with van der Waals surface area (Å²) in [5.74, 6) is 0.517. The van der Waals surface area contributed by atoms with Gasteiger partial charge in [0.25, 0.3) is 10.0 Å². The summed E-state index contributed by atoms with van der Waals surface area (Å²) < 4.78 is 33.6. The summed E-state index contributed by atoms with van der Waals surface area (Å²) in [4.78, 5) is 4.55.